The zero-order valence-corrected chi connectivity index (χ0v) is 12.3. The highest BCUT2D eigenvalue weighted by Gasteiger charge is 2.38. The molecular weight excluding hydrogens is 307 g/mol. The molecule has 124 valence electrons. The second-order valence-electron chi connectivity index (χ2n) is 4.75. The predicted octanol–water partition coefficient (Wildman–Crippen LogP) is 3.80. The molecule has 0 aliphatic carbocycles. The van der Waals surface area contributed by atoms with Crippen LogP contribution in [0.1, 0.15) is 23.5 Å². The number of aliphatic carboxylic acids is 1. The molecule has 0 fully saturated rings. The van der Waals surface area contributed by atoms with Crippen LogP contribution >= 0.6 is 0 Å². The fourth-order valence-electron chi connectivity index (χ4n) is 2.06. The summed E-state index contributed by atoms with van der Waals surface area (Å²) in [6.45, 7) is 0.717. The monoisotopic (exact) mass is 325 g/mol. The quantitative estimate of drug-likeness (QED) is 0.899. The van der Waals surface area contributed by atoms with Crippen molar-refractivity contribution in [2.75, 3.05) is 6.54 Å². The highest BCUT2D eigenvalue weighted by molar-refractivity contribution is 5.73. The van der Waals surface area contributed by atoms with Crippen molar-refractivity contribution in [3.63, 3.8) is 0 Å². The van der Waals surface area contributed by atoms with E-state index in [1.807, 2.05) is 12.1 Å². The first-order chi connectivity index (χ1) is 10.9. The molecule has 0 spiro atoms. The minimum atomic E-state index is -5.08. The Bertz CT molecular complexity index is 546. The second kappa shape index (κ2) is 8.95. The van der Waals surface area contributed by atoms with Crippen molar-refractivity contribution in [3.8, 4) is 0 Å². The van der Waals surface area contributed by atoms with E-state index < -0.39 is 12.1 Å². The molecule has 2 aromatic rings. The van der Waals surface area contributed by atoms with Crippen LogP contribution in [0, 0.1) is 0 Å². The van der Waals surface area contributed by atoms with E-state index in [-0.39, 0.29) is 0 Å². The molecule has 2 rings (SSSR count). The summed E-state index contributed by atoms with van der Waals surface area (Å²) in [4.78, 5) is 8.90. The molecule has 0 heterocycles. The Balaban J connectivity index is 0.000000322. The molecule has 3 nitrogen and oxygen atoms in total. The lowest BCUT2D eigenvalue weighted by Gasteiger charge is -2.16. The van der Waals surface area contributed by atoms with Gasteiger partial charge in [0, 0.05) is 5.92 Å². The number of hydrogen-bond acceptors (Lipinski definition) is 2. The van der Waals surface area contributed by atoms with Gasteiger partial charge < -0.3 is 10.8 Å². The van der Waals surface area contributed by atoms with Gasteiger partial charge in [-0.1, -0.05) is 60.7 Å². The smallest absolute Gasteiger partial charge is 0.475 e. The van der Waals surface area contributed by atoms with Crippen LogP contribution in [0.2, 0.25) is 0 Å². The van der Waals surface area contributed by atoms with Gasteiger partial charge in [0.05, 0.1) is 0 Å². The molecule has 2 aromatic carbocycles. The highest BCUT2D eigenvalue weighted by Crippen LogP contribution is 2.26. The SMILES string of the molecule is NCCC(c1ccccc1)c1ccccc1.O=C(O)C(F)(F)F. The lowest BCUT2D eigenvalue weighted by molar-refractivity contribution is -0.192. The van der Waals surface area contributed by atoms with Crippen molar-refractivity contribution >= 4 is 5.97 Å². The molecule has 0 amide bonds. The van der Waals surface area contributed by atoms with Gasteiger partial charge in [0.1, 0.15) is 0 Å². The average Bonchev–Trinajstić information content (AvgIpc) is 2.54. The minimum absolute atomic E-state index is 0.424. The first-order valence-electron chi connectivity index (χ1n) is 6.96. The van der Waals surface area contributed by atoms with Crippen molar-refractivity contribution < 1.29 is 23.1 Å². The molecule has 0 radical (unpaired) electrons. The predicted molar refractivity (Wildman–Crippen MR) is 82.1 cm³/mol. The van der Waals surface area contributed by atoms with Crippen molar-refractivity contribution in [1.82, 2.24) is 0 Å². The standard InChI is InChI=1S/C15H17N.C2HF3O2/c16-12-11-15(13-7-3-1-4-8-13)14-9-5-2-6-10-14;3-2(4,5)1(6)7/h1-10,15H,11-12,16H2;(H,6,7). The summed E-state index contributed by atoms with van der Waals surface area (Å²) in [6, 6.07) is 21.1. The molecule has 0 aliphatic heterocycles. The summed E-state index contributed by atoms with van der Waals surface area (Å²) >= 11 is 0. The Morgan fingerprint density at radius 2 is 1.30 bits per heavy atom. The van der Waals surface area contributed by atoms with E-state index in [9.17, 15) is 13.2 Å². The van der Waals surface area contributed by atoms with Gasteiger partial charge in [-0.15, -0.1) is 0 Å². The third-order valence-corrected chi connectivity index (χ3v) is 3.10. The number of carboxylic acids is 1. The Labute approximate surface area is 132 Å². The number of nitrogens with two attached hydrogens (primary N) is 1. The van der Waals surface area contributed by atoms with E-state index >= 15 is 0 Å². The van der Waals surface area contributed by atoms with Gasteiger partial charge in [-0.25, -0.2) is 4.79 Å². The van der Waals surface area contributed by atoms with Gasteiger partial charge in [0.25, 0.3) is 0 Å². The fourth-order valence-corrected chi connectivity index (χ4v) is 2.06. The van der Waals surface area contributed by atoms with Crippen molar-refractivity contribution in [2.45, 2.75) is 18.5 Å². The minimum Gasteiger partial charge on any atom is -0.475 e. The van der Waals surface area contributed by atoms with Crippen LogP contribution in [0.25, 0.3) is 0 Å². The Morgan fingerprint density at radius 1 is 0.957 bits per heavy atom. The van der Waals surface area contributed by atoms with E-state index in [0.29, 0.717) is 12.5 Å². The molecular formula is C17H18F3NO2. The van der Waals surface area contributed by atoms with Gasteiger partial charge in [-0.2, -0.15) is 13.2 Å². The number of rotatable bonds is 4. The van der Waals surface area contributed by atoms with Crippen LogP contribution in [-0.4, -0.2) is 23.8 Å². The number of carbonyl (C=O) groups is 1. The Hall–Kier alpha value is -2.34. The molecule has 3 N–H and O–H groups in total. The maximum Gasteiger partial charge on any atom is 0.490 e. The Morgan fingerprint density at radius 3 is 1.57 bits per heavy atom. The van der Waals surface area contributed by atoms with E-state index in [1.54, 1.807) is 0 Å². The number of carboxylic acid groups (broad SMARTS) is 1. The van der Waals surface area contributed by atoms with Crippen LogP contribution in [-0.2, 0) is 4.79 Å². The lowest BCUT2D eigenvalue weighted by Crippen LogP contribution is -2.21. The molecule has 0 bridgehead atoms. The molecule has 6 heteroatoms. The number of halogens is 3. The highest BCUT2D eigenvalue weighted by atomic mass is 19.4. The maximum atomic E-state index is 10.6. The summed E-state index contributed by atoms with van der Waals surface area (Å²) in [7, 11) is 0. The number of alkyl halides is 3. The maximum absolute atomic E-state index is 10.6. The molecule has 0 unspecified atom stereocenters. The second-order valence-corrected chi connectivity index (χ2v) is 4.75. The van der Waals surface area contributed by atoms with E-state index in [0.717, 1.165) is 6.42 Å². The molecule has 0 aromatic heterocycles. The number of benzene rings is 2. The van der Waals surface area contributed by atoms with Gasteiger partial charge >= 0.3 is 12.1 Å². The first-order valence-corrected chi connectivity index (χ1v) is 6.96. The molecule has 0 saturated heterocycles. The summed E-state index contributed by atoms with van der Waals surface area (Å²) in [6.07, 6.45) is -4.09. The summed E-state index contributed by atoms with van der Waals surface area (Å²) in [5, 5.41) is 7.12. The third-order valence-electron chi connectivity index (χ3n) is 3.10. The van der Waals surface area contributed by atoms with Crippen LogP contribution < -0.4 is 5.73 Å². The van der Waals surface area contributed by atoms with Gasteiger partial charge in [-0.05, 0) is 24.1 Å². The molecule has 23 heavy (non-hydrogen) atoms. The van der Waals surface area contributed by atoms with E-state index in [4.69, 9.17) is 15.6 Å². The Kier molecular flexibility index (Phi) is 7.28. The summed E-state index contributed by atoms with van der Waals surface area (Å²) < 4.78 is 31.7. The largest absolute Gasteiger partial charge is 0.490 e. The molecule has 0 saturated carbocycles. The topological polar surface area (TPSA) is 63.3 Å². The zero-order chi connectivity index (χ0) is 17.3. The zero-order valence-electron chi connectivity index (χ0n) is 12.3. The average molecular weight is 325 g/mol. The van der Waals surface area contributed by atoms with Crippen LogP contribution in [0.5, 0.6) is 0 Å². The first kappa shape index (κ1) is 18.7. The van der Waals surface area contributed by atoms with E-state index in [2.05, 4.69) is 48.5 Å². The fraction of sp³-hybridized carbons (Fsp3) is 0.235. The van der Waals surface area contributed by atoms with Gasteiger partial charge in [0.15, 0.2) is 0 Å². The van der Waals surface area contributed by atoms with Crippen LogP contribution in [0.15, 0.2) is 60.7 Å². The summed E-state index contributed by atoms with van der Waals surface area (Å²) in [5.74, 6) is -2.33. The molecule has 0 aliphatic rings. The number of hydrogen-bond donors (Lipinski definition) is 2. The normalized spacial score (nSPS) is 10.8. The van der Waals surface area contributed by atoms with Crippen LogP contribution in [0.3, 0.4) is 0 Å². The van der Waals surface area contributed by atoms with Gasteiger partial charge in [0.2, 0.25) is 0 Å². The van der Waals surface area contributed by atoms with E-state index in [1.165, 1.54) is 11.1 Å². The van der Waals surface area contributed by atoms with Crippen molar-refractivity contribution in [1.29, 1.82) is 0 Å². The third kappa shape index (κ3) is 6.52. The van der Waals surface area contributed by atoms with Gasteiger partial charge in [-0.3, -0.25) is 0 Å². The van der Waals surface area contributed by atoms with Crippen LogP contribution in [0.4, 0.5) is 13.2 Å². The summed E-state index contributed by atoms with van der Waals surface area (Å²) in [5.41, 5.74) is 8.40. The molecule has 0 atom stereocenters. The van der Waals surface area contributed by atoms with Crippen molar-refractivity contribution in [2.24, 2.45) is 5.73 Å². The lowest BCUT2D eigenvalue weighted by atomic mass is 9.89. The van der Waals surface area contributed by atoms with Crippen molar-refractivity contribution in [3.05, 3.63) is 71.8 Å².